The number of halogens is 1. The Balaban J connectivity index is 2.36. The summed E-state index contributed by atoms with van der Waals surface area (Å²) >= 11 is 6.02. The molecule has 1 aliphatic rings. The van der Waals surface area contributed by atoms with Gasteiger partial charge in [0.25, 0.3) is 0 Å². The number of ether oxygens (including phenoxy) is 2. The molecular weight excluding hydrogens is 272 g/mol. The van der Waals surface area contributed by atoms with Crippen molar-refractivity contribution in [1.82, 2.24) is 0 Å². The van der Waals surface area contributed by atoms with Gasteiger partial charge in [-0.1, -0.05) is 25.4 Å². The van der Waals surface area contributed by atoms with E-state index in [9.17, 15) is 15.0 Å². The molecule has 1 heterocycles. The predicted octanol–water partition coefficient (Wildman–Crippen LogP) is 2.46. The van der Waals surface area contributed by atoms with Crippen LogP contribution in [0.2, 0.25) is 5.02 Å². The van der Waals surface area contributed by atoms with E-state index in [-0.39, 0.29) is 12.7 Å². The molecule has 0 saturated heterocycles. The van der Waals surface area contributed by atoms with Gasteiger partial charge in [0.15, 0.2) is 11.5 Å². The molecule has 1 aromatic carbocycles. The number of aliphatic carboxylic acids is 1. The number of hydrogen-bond donors (Lipinski definition) is 2. The lowest BCUT2D eigenvalue weighted by atomic mass is 9.86. The van der Waals surface area contributed by atoms with Crippen LogP contribution in [0.15, 0.2) is 12.1 Å². The third-order valence-corrected chi connectivity index (χ3v) is 3.42. The van der Waals surface area contributed by atoms with E-state index in [4.69, 9.17) is 21.1 Å². The second-order valence-electron chi connectivity index (χ2n) is 4.79. The first-order chi connectivity index (χ1) is 8.91. The molecular formula is C13H15ClO5. The van der Waals surface area contributed by atoms with E-state index in [2.05, 4.69) is 0 Å². The Morgan fingerprint density at radius 3 is 2.63 bits per heavy atom. The molecule has 1 aromatic rings. The maximum atomic E-state index is 11.2. The van der Waals surface area contributed by atoms with Crippen molar-refractivity contribution in [3.8, 4) is 11.5 Å². The lowest BCUT2D eigenvalue weighted by Gasteiger charge is -2.23. The van der Waals surface area contributed by atoms with E-state index in [1.807, 2.05) is 0 Å². The summed E-state index contributed by atoms with van der Waals surface area (Å²) in [5.41, 5.74) is 0.412. The summed E-state index contributed by atoms with van der Waals surface area (Å²) in [6.07, 6.45) is -1.15. The zero-order chi connectivity index (χ0) is 14.2. The Morgan fingerprint density at radius 2 is 2.05 bits per heavy atom. The van der Waals surface area contributed by atoms with Gasteiger partial charge in [-0.05, 0) is 23.6 Å². The van der Waals surface area contributed by atoms with Crippen LogP contribution in [-0.2, 0) is 4.79 Å². The highest BCUT2D eigenvalue weighted by atomic mass is 35.5. The second-order valence-corrected chi connectivity index (χ2v) is 5.20. The highest BCUT2D eigenvalue weighted by Crippen LogP contribution is 2.42. The summed E-state index contributed by atoms with van der Waals surface area (Å²) in [4.78, 5) is 11.2. The molecule has 104 valence electrons. The fourth-order valence-electron chi connectivity index (χ4n) is 2.15. The van der Waals surface area contributed by atoms with Gasteiger partial charge in [0.05, 0.1) is 17.0 Å². The summed E-state index contributed by atoms with van der Waals surface area (Å²) in [7, 11) is 0. The molecule has 0 bridgehead atoms. The first kappa shape index (κ1) is 14.0. The van der Waals surface area contributed by atoms with Gasteiger partial charge in [0.2, 0.25) is 6.79 Å². The molecule has 2 unspecified atom stereocenters. The number of aliphatic hydroxyl groups is 1. The van der Waals surface area contributed by atoms with Crippen LogP contribution in [0.4, 0.5) is 0 Å². The largest absolute Gasteiger partial charge is 0.481 e. The van der Waals surface area contributed by atoms with Crippen molar-refractivity contribution in [3.63, 3.8) is 0 Å². The number of hydrogen-bond acceptors (Lipinski definition) is 4. The van der Waals surface area contributed by atoms with Crippen LogP contribution in [0.1, 0.15) is 25.5 Å². The SMILES string of the molecule is CC(C)C(C(=O)O)C(O)c1cc(Cl)c2c(c1)OCO2. The minimum atomic E-state index is -1.15. The lowest BCUT2D eigenvalue weighted by molar-refractivity contribution is -0.148. The summed E-state index contributed by atoms with van der Waals surface area (Å²) in [6.45, 7) is 3.56. The van der Waals surface area contributed by atoms with Crippen LogP contribution in [0.3, 0.4) is 0 Å². The van der Waals surface area contributed by atoms with Crippen LogP contribution < -0.4 is 9.47 Å². The number of aliphatic hydroxyl groups excluding tert-OH is 1. The third kappa shape index (κ3) is 2.62. The monoisotopic (exact) mass is 286 g/mol. The van der Waals surface area contributed by atoms with Crippen molar-refractivity contribution < 1.29 is 24.5 Å². The van der Waals surface area contributed by atoms with Crippen molar-refractivity contribution in [2.24, 2.45) is 11.8 Å². The van der Waals surface area contributed by atoms with Crippen LogP contribution in [-0.4, -0.2) is 23.0 Å². The van der Waals surface area contributed by atoms with E-state index in [1.54, 1.807) is 19.9 Å². The van der Waals surface area contributed by atoms with Crippen molar-refractivity contribution >= 4 is 17.6 Å². The normalized spacial score (nSPS) is 16.5. The first-order valence-corrected chi connectivity index (χ1v) is 6.29. The Morgan fingerprint density at radius 1 is 1.37 bits per heavy atom. The van der Waals surface area contributed by atoms with Gasteiger partial charge < -0.3 is 19.7 Å². The van der Waals surface area contributed by atoms with Gasteiger partial charge in [0.1, 0.15) is 0 Å². The molecule has 0 aromatic heterocycles. The maximum Gasteiger partial charge on any atom is 0.309 e. The van der Waals surface area contributed by atoms with Crippen molar-refractivity contribution in [2.75, 3.05) is 6.79 Å². The maximum absolute atomic E-state index is 11.2. The average Bonchev–Trinajstić information content (AvgIpc) is 2.76. The number of carbonyl (C=O) groups is 1. The lowest BCUT2D eigenvalue weighted by Crippen LogP contribution is -2.26. The highest BCUT2D eigenvalue weighted by molar-refractivity contribution is 6.32. The molecule has 0 saturated carbocycles. The molecule has 0 fully saturated rings. The minimum absolute atomic E-state index is 0.0706. The molecule has 2 rings (SSSR count). The number of carboxylic acid groups (broad SMARTS) is 1. The average molecular weight is 287 g/mol. The molecule has 2 N–H and O–H groups in total. The van der Waals surface area contributed by atoms with E-state index in [0.29, 0.717) is 22.1 Å². The summed E-state index contributed by atoms with van der Waals surface area (Å²) < 4.78 is 10.4. The van der Waals surface area contributed by atoms with Gasteiger partial charge in [-0.3, -0.25) is 4.79 Å². The van der Waals surface area contributed by atoms with E-state index in [0.717, 1.165) is 0 Å². The Hall–Kier alpha value is -1.46. The molecule has 6 heteroatoms. The van der Waals surface area contributed by atoms with E-state index >= 15 is 0 Å². The molecule has 0 radical (unpaired) electrons. The predicted molar refractivity (Wildman–Crippen MR) is 68.5 cm³/mol. The molecule has 1 aliphatic heterocycles. The second kappa shape index (κ2) is 5.27. The van der Waals surface area contributed by atoms with Gasteiger partial charge in [-0.2, -0.15) is 0 Å². The van der Waals surface area contributed by atoms with Gasteiger partial charge in [-0.25, -0.2) is 0 Å². The number of rotatable bonds is 4. The van der Waals surface area contributed by atoms with Crippen LogP contribution in [0, 0.1) is 11.8 Å². The van der Waals surface area contributed by atoms with Crippen molar-refractivity contribution in [1.29, 1.82) is 0 Å². The number of carboxylic acids is 1. The zero-order valence-electron chi connectivity index (χ0n) is 10.6. The summed E-state index contributed by atoms with van der Waals surface area (Å²) in [5, 5.41) is 19.7. The summed E-state index contributed by atoms with van der Waals surface area (Å²) in [5.74, 6) is -1.31. The fourth-order valence-corrected chi connectivity index (χ4v) is 2.42. The number of benzene rings is 1. The van der Waals surface area contributed by atoms with E-state index in [1.165, 1.54) is 6.07 Å². The smallest absolute Gasteiger partial charge is 0.309 e. The van der Waals surface area contributed by atoms with Crippen LogP contribution in [0.5, 0.6) is 11.5 Å². The van der Waals surface area contributed by atoms with Crippen molar-refractivity contribution in [3.05, 3.63) is 22.7 Å². The van der Waals surface area contributed by atoms with Gasteiger partial charge in [0, 0.05) is 0 Å². The molecule has 0 aliphatic carbocycles. The fraction of sp³-hybridized carbons (Fsp3) is 0.462. The highest BCUT2D eigenvalue weighted by Gasteiger charge is 2.32. The molecule has 0 spiro atoms. The Kier molecular flexibility index (Phi) is 3.87. The first-order valence-electron chi connectivity index (χ1n) is 5.91. The standard InChI is InChI=1S/C13H15ClO5/c1-6(2)10(13(16)17)11(15)7-3-8(14)12-9(4-7)18-5-19-12/h3-4,6,10-11,15H,5H2,1-2H3,(H,16,17). The Labute approximate surface area is 115 Å². The quantitative estimate of drug-likeness (QED) is 0.889. The molecule has 2 atom stereocenters. The molecule has 5 nitrogen and oxygen atoms in total. The summed E-state index contributed by atoms with van der Waals surface area (Å²) in [6, 6.07) is 3.08. The van der Waals surface area contributed by atoms with E-state index < -0.39 is 18.0 Å². The Bertz CT molecular complexity index is 500. The zero-order valence-corrected chi connectivity index (χ0v) is 11.3. The van der Waals surface area contributed by atoms with Crippen molar-refractivity contribution in [2.45, 2.75) is 20.0 Å². The van der Waals surface area contributed by atoms with Crippen LogP contribution >= 0.6 is 11.6 Å². The molecule has 19 heavy (non-hydrogen) atoms. The topological polar surface area (TPSA) is 76.0 Å². The number of fused-ring (bicyclic) bond motifs is 1. The molecule has 0 amide bonds. The van der Waals surface area contributed by atoms with Crippen LogP contribution in [0.25, 0.3) is 0 Å². The van der Waals surface area contributed by atoms with Gasteiger partial charge in [-0.15, -0.1) is 0 Å². The minimum Gasteiger partial charge on any atom is -0.481 e. The van der Waals surface area contributed by atoms with Gasteiger partial charge >= 0.3 is 5.97 Å². The third-order valence-electron chi connectivity index (χ3n) is 3.13.